The molecule has 98 valence electrons. The van der Waals surface area contributed by atoms with Crippen LogP contribution in [-0.4, -0.2) is 14.9 Å². The lowest BCUT2D eigenvalue weighted by atomic mass is 10.1. The maximum atomic E-state index is 10.3. The third kappa shape index (κ3) is 2.71. The normalized spacial score (nSPS) is 12.9. The Morgan fingerprint density at radius 2 is 2.22 bits per heavy atom. The van der Waals surface area contributed by atoms with Gasteiger partial charge < -0.3 is 5.11 Å². The Kier molecular flexibility index (Phi) is 4.64. The maximum absolute atomic E-state index is 10.3. The van der Waals surface area contributed by atoms with E-state index in [1.165, 1.54) is 0 Å². The molecule has 0 saturated carbocycles. The Bertz CT molecular complexity index is 550. The molecule has 0 fully saturated rings. The highest BCUT2D eigenvalue weighted by Crippen LogP contribution is 2.33. The molecule has 0 aromatic carbocycles. The summed E-state index contributed by atoms with van der Waals surface area (Å²) in [6.07, 6.45) is 0.937. The molecule has 0 bridgehead atoms. The van der Waals surface area contributed by atoms with E-state index in [0.717, 1.165) is 31.6 Å². The summed E-state index contributed by atoms with van der Waals surface area (Å²) in [4.78, 5) is 0.959. The van der Waals surface area contributed by atoms with Gasteiger partial charge in [-0.2, -0.15) is 5.10 Å². The summed E-state index contributed by atoms with van der Waals surface area (Å²) in [5.41, 5.74) is 2.06. The molecular formula is C12H14Br2N2OS. The summed E-state index contributed by atoms with van der Waals surface area (Å²) >= 11 is 8.58. The second-order valence-electron chi connectivity index (χ2n) is 4.04. The van der Waals surface area contributed by atoms with Crippen LogP contribution in [0, 0.1) is 0 Å². The first-order valence-electron chi connectivity index (χ1n) is 5.65. The SMILES string of the molecule is CCc1nn(C)c(CC(O)c2sccc2Br)c1Br. The van der Waals surface area contributed by atoms with Crippen molar-refractivity contribution in [1.29, 1.82) is 0 Å². The van der Waals surface area contributed by atoms with Gasteiger partial charge in [-0.3, -0.25) is 4.68 Å². The highest BCUT2D eigenvalue weighted by molar-refractivity contribution is 9.10. The molecule has 2 aromatic rings. The van der Waals surface area contributed by atoms with Crippen LogP contribution in [-0.2, 0) is 19.9 Å². The molecule has 0 radical (unpaired) electrons. The molecule has 0 spiro atoms. The van der Waals surface area contributed by atoms with Crippen LogP contribution in [0.5, 0.6) is 0 Å². The highest BCUT2D eigenvalue weighted by atomic mass is 79.9. The number of nitrogens with zero attached hydrogens (tertiary/aromatic N) is 2. The first-order chi connectivity index (χ1) is 8.54. The van der Waals surface area contributed by atoms with Crippen molar-refractivity contribution < 1.29 is 5.11 Å². The van der Waals surface area contributed by atoms with Gasteiger partial charge in [-0.1, -0.05) is 6.92 Å². The number of aryl methyl sites for hydroxylation is 2. The summed E-state index contributed by atoms with van der Waals surface area (Å²) < 4.78 is 3.82. The van der Waals surface area contributed by atoms with E-state index in [1.807, 2.05) is 23.2 Å². The van der Waals surface area contributed by atoms with Gasteiger partial charge in [-0.15, -0.1) is 11.3 Å². The zero-order valence-electron chi connectivity index (χ0n) is 10.2. The summed E-state index contributed by atoms with van der Waals surface area (Å²) in [6.45, 7) is 2.07. The summed E-state index contributed by atoms with van der Waals surface area (Å²) in [6, 6.07) is 1.96. The number of hydrogen-bond acceptors (Lipinski definition) is 3. The minimum Gasteiger partial charge on any atom is -0.387 e. The number of halogens is 2. The molecule has 0 aliphatic carbocycles. The fourth-order valence-electron chi connectivity index (χ4n) is 1.86. The Labute approximate surface area is 127 Å². The largest absolute Gasteiger partial charge is 0.387 e. The van der Waals surface area contributed by atoms with Crippen molar-refractivity contribution in [3.63, 3.8) is 0 Å². The number of hydrogen-bond donors (Lipinski definition) is 1. The standard InChI is InChI=1S/C12H14Br2N2OS/c1-3-8-11(14)9(16(2)15-8)6-10(17)12-7(13)4-5-18-12/h4-5,10,17H,3,6H2,1-2H3. The minimum atomic E-state index is -0.504. The van der Waals surface area contributed by atoms with Gasteiger partial charge in [-0.25, -0.2) is 0 Å². The van der Waals surface area contributed by atoms with Crippen molar-refractivity contribution in [3.8, 4) is 0 Å². The Balaban J connectivity index is 2.24. The molecule has 2 aromatic heterocycles. The number of aliphatic hydroxyl groups excluding tert-OH is 1. The molecule has 1 atom stereocenters. The number of aromatic nitrogens is 2. The van der Waals surface area contributed by atoms with E-state index in [9.17, 15) is 5.11 Å². The molecule has 0 aliphatic rings. The lowest BCUT2D eigenvalue weighted by Gasteiger charge is -2.10. The van der Waals surface area contributed by atoms with Gasteiger partial charge in [0.2, 0.25) is 0 Å². The topological polar surface area (TPSA) is 38.0 Å². The molecular weight excluding hydrogens is 380 g/mol. The Morgan fingerprint density at radius 3 is 2.72 bits per heavy atom. The fourth-order valence-corrected chi connectivity index (χ4v) is 4.26. The predicted molar refractivity (Wildman–Crippen MR) is 81.0 cm³/mol. The monoisotopic (exact) mass is 392 g/mol. The molecule has 6 heteroatoms. The number of rotatable bonds is 4. The van der Waals surface area contributed by atoms with E-state index in [2.05, 4.69) is 43.9 Å². The summed E-state index contributed by atoms with van der Waals surface area (Å²) in [7, 11) is 1.91. The molecule has 2 rings (SSSR count). The molecule has 2 heterocycles. The van der Waals surface area contributed by atoms with Crippen LogP contribution in [0.4, 0.5) is 0 Å². The van der Waals surface area contributed by atoms with Crippen molar-refractivity contribution in [2.75, 3.05) is 0 Å². The zero-order valence-corrected chi connectivity index (χ0v) is 14.1. The first-order valence-corrected chi connectivity index (χ1v) is 8.12. The van der Waals surface area contributed by atoms with E-state index in [0.29, 0.717) is 6.42 Å². The van der Waals surface area contributed by atoms with Crippen LogP contribution in [0.1, 0.15) is 29.3 Å². The second kappa shape index (κ2) is 5.86. The van der Waals surface area contributed by atoms with Gasteiger partial charge in [0, 0.05) is 22.8 Å². The van der Waals surface area contributed by atoms with Crippen LogP contribution >= 0.6 is 43.2 Å². The van der Waals surface area contributed by atoms with Crippen LogP contribution in [0.2, 0.25) is 0 Å². The second-order valence-corrected chi connectivity index (χ2v) is 6.63. The van der Waals surface area contributed by atoms with Crippen molar-refractivity contribution >= 4 is 43.2 Å². The van der Waals surface area contributed by atoms with E-state index in [1.54, 1.807) is 11.3 Å². The number of thiophene rings is 1. The quantitative estimate of drug-likeness (QED) is 0.856. The van der Waals surface area contributed by atoms with E-state index < -0.39 is 6.10 Å². The van der Waals surface area contributed by atoms with Crippen molar-refractivity contribution in [3.05, 3.63) is 36.7 Å². The molecule has 0 amide bonds. The molecule has 0 aliphatic heterocycles. The van der Waals surface area contributed by atoms with Gasteiger partial charge in [0.1, 0.15) is 0 Å². The van der Waals surface area contributed by atoms with Crippen LogP contribution in [0.25, 0.3) is 0 Å². The summed E-state index contributed by atoms with van der Waals surface area (Å²) in [5, 5.41) is 16.7. The third-order valence-electron chi connectivity index (χ3n) is 2.84. The number of aliphatic hydroxyl groups is 1. The van der Waals surface area contributed by atoms with Crippen LogP contribution in [0.15, 0.2) is 20.4 Å². The van der Waals surface area contributed by atoms with Crippen molar-refractivity contribution in [2.24, 2.45) is 7.05 Å². The van der Waals surface area contributed by atoms with Gasteiger partial charge >= 0.3 is 0 Å². The van der Waals surface area contributed by atoms with Gasteiger partial charge in [-0.05, 0) is 49.7 Å². The van der Waals surface area contributed by atoms with Gasteiger partial charge in [0.25, 0.3) is 0 Å². The first kappa shape index (κ1) is 14.2. The average Bonchev–Trinajstić information content (AvgIpc) is 2.87. The van der Waals surface area contributed by atoms with Crippen LogP contribution < -0.4 is 0 Å². The lowest BCUT2D eigenvalue weighted by molar-refractivity contribution is 0.178. The molecule has 0 saturated heterocycles. The minimum absolute atomic E-state index is 0.504. The van der Waals surface area contributed by atoms with E-state index in [4.69, 9.17) is 0 Å². The van der Waals surface area contributed by atoms with E-state index >= 15 is 0 Å². The molecule has 1 unspecified atom stereocenters. The van der Waals surface area contributed by atoms with Crippen LogP contribution in [0.3, 0.4) is 0 Å². The molecule has 3 nitrogen and oxygen atoms in total. The third-order valence-corrected chi connectivity index (χ3v) is 5.72. The van der Waals surface area contributed by atoms with E-state index in [-0.39, 0.29) is 0 Å². The lowest BCUT2D eigenvalue weighted by Crippen LogP contribution is -2.06. The van der Waals surface area contributed by atoms with Crippen molar-refractivity contribution in [1.82, 2.24) is 9.78 Å². The average molecular weight is 394 g/mol. The molecule has 18 heavy (non-hydrogen) atoms. The Morgan fingerprint density at radius 1 is 1.50 bits per heavy atom. The maximum Gasteiger partial charge on any atom is 0.0948 e. The zero-order chi connectivity index (χ0) is 13.3. The fraction of sp³-hybridized carbons (Fsp3) is 0.417. The molecule has 1 N–H and O–H groups in total. The smallest absolute Gasteiger partial charge is 0.0948 e. The Hall–Kier alpha value is -0.170. The predicted octanol–water partition coefficient (Wildman–Crippen LogP) is 3.85. The van der Waals surface area contributed by atoms with Gasteiger partial charge in [0.05, 0.1) is 22.0 Å². The summed E-state index contributed by atoms with van der Waals surface area (Å²) in [5.74, 6) is 0. The van der Waals surface area contributed by atoms with Gasteiger partial charge in [0.15, 0.2) is 0 Å². The van der Waals surface area contributed by atoms with Crippen molar-refractivity contribution in [2.45, 2.75) is 25.9 Å². The highest BCUT2D eigenvalue weighted by Gasteiger charge is 2.19.